The van der Waals surface area contributed by atoms with E-state index in [9.17, 15) is 18.0 Å². The first-order chi connectivity index (χ1) is 14.3. The van der Waals surface area contributed by atoms with Crippen molar-refractivity contribution in [2.45, 2.75) is 26.1 Å². The summed E-state index contributed by atoms with van der Waals surface area (Å²) in [7, 11) is -3.56. The van der Waals surface area contributed by atoms with Crippen molar-refractivity contribution in [1.29, 1.82) is 0 Å². The Morgan fingerprint density at radius 2 is 1.33 bits per heavy atom. The molecule has 0 bridgehead atoms. The highest BCUT2D eigenvalue weighted by Gasteiger charge is 2.37. The van der Waals surface area contributed by atoms with E-state index in [4.69, 9.17) is 9.47 Å². The van der Waals surface area contributed by atoms with Gasteiger partial charge >= 0.3 is 0 Å². The molecule has 3 heterocycles. The van der Waals surface area contributed by atoms with E-state index in [2.05, 4.69) is 0 Å². The average molecular weight is 465 g/mol. The molecule has 3 aliphatic rings. The van der Waals surface area contributed by atoms with Gasteiger partial charge in [-0.05, 0) is 13.8 Å². The van der Waals surface area contributed by atoms with Crippen molar-refractivity contribution in [3.8, 4) is 0 Å². The number of ether oxygens (including phenoxy) is 2. The van der Waals surface area contributed by atoms with Crippen LogP contribution in [0.3, 0.4) is 0 Å². The van der Waals surface area contributed by atoms with Gasteiger partial charge < -0.3 is 19.3 Å². The number of hydrogen-bond acceptors (Lipinski definition) is 7. The van der Waals surface area contributed by atoms with Crippen LogP contribution in [0, 0.1) is 0 Å². The molecule has 12 heteroatoms. The number of hydrogen-bond donors (Lipinski definition) is 0. The average Bonchev–Trinajstić information content (AvgIpc) is 2.73. The van der Waals surface area contributed by atoms with Crippen molar-refractivity contribution in [3.63, 3.8) is 0 Å². The van der Waals surface area contributed by atoms with Gasteiger partial charge in [0.15, 0.2) is 0 Å². The van der Waals surface area contributed by atoms with E-state index < -0.39 is 10.2 Å². The molecule has 3 saturated heterocycles. The fourth-order valence-corrected chi connectivity index (χ4v) is 6.44. The third-order valence-corrected chi connectivity index (χ3v) is 8.32. The van der Waals surface area contributed by atoms with E-state index in [1.165, 1.54) is 20.4 Å². The summed E-state index contributed by atoms with van der Waals surface area (Å²) < 4.78 is 39.7. The SMILES string of the molecule is CC1CN(S(=O)(=O)N2CCN(C(=O)CSCC(=O)N3CCOCC3)CC2)CC(C)O1. The highest BCUT2D eigenvalue weighted by molar-refractivity contribution is 8.00. The van der Waals surface area contributed by atoms with Gasteiger partial charge in [0, 0.05) is 52.4 Å². The Hall–Kier alpha value is -0.920. The molecule has 0 radical (unpaired) electrons. The molecule has 0 aromatic carbocycles. The number of carbonyl (C=O) groups excluding carboxylic acids is 2. The number of thioether (sulfide) groups is 1. The third kappa shape index (κ3) is 6.07. The number of morpholine rings is 2. The van der Waals surface area contributed by atoms with Gasteiger partial charge in [-0.15, -0.1) is 11.8 Å². The lowest BCUT2D eigenvalue weighted by Crippen LogP contribution is -2.57. The van der Waals surface area contributed by atoms with Crippen LogP contribution in [0.2, 0.25) is 0 Å². The molecule has 0 spiro atoms. The minimum Gasteiger partial charge on any atom is -0.378 e. The summed E-state index contributed by atoms with van der Waals surface area (Å²) in [5.74, 6) is 0.468. The summed E-state index contributed by atoms with van der Waals surface area (Å²) in [6, 6.07) is 0. The molecule has 2 unspecified atom stereocenters. The van der Waals surface area contributed by atoms with Crippen molar-refractivity contribution in [3.05, 3.63) is 0 Å². The lowest BCUT2D eigenvalue weighted by atomic mass is 10.3. The zero-order valence-electron chi connectivity index (χ0n) is 17.7. The minimum atomic E-state index is -3.56. The largest absolute Gasteiger partial charge is 0.378 e. The van der Waals surface area contributed by atoms with Crippen LogP contribution >= 0.6 is 11.8 Å². The Kier molecular flexibility index (Phi) is 8.39. The van der Waals surface area contributed by atoms with Crippen molar-refractivity contribution < 1.29 is 27.5 Å². The maximum atomic E-state index is 12.9. The van der Waals surface area contributed by atoms with Crippen molar-refractivity contribution in [1.82, 2.24) is 18.4 Å². The Labute approximate surface area is 183 Å². The first kappa shape index (κ1) is 23.7. The summed E-state index contributed by atoms with van der Waals surface area (Å²) in [6.45, 7) is 8.06. The smallest absolute Gasteiger partial charge is 0.282 e. The lowest BCUT2D eigenvalue weighted by Gasteiger charge is -2.40. The standard InChI is InChI=1S/C18H32N4O6S2/c1-15-11-22(12-16(2)28-15)30(25,26)21-5-3-19(4-6-21)17(23)13-29-14-18(24)20-7-9-27-10-8-20/h15-16H,3-14H2,1-2H3. The molecule has 0 saturated carbocycles. The molecule has 2 atom stereocenters. The van der Waals surface area contributed by atoms with Gasteiger partial charge in [-0.25, -0.2) is 0 Å². The molecule has 0 aliphatic carbocycles. The van der Waals surface area contributed by atoms with Gasteiger partial charge in [-0.2, -0.15) is 17.0 Å². The van der Waals surface area contributed by atoms with Gasteiger partial charge in [0.2, 0.25) is 11.8 Å². The number of nitrogens with zero attached hydrogens (tertiary/aromatic N) is 4. The van der Waals surface area contributed by atoms with E-state index in [-0.39, 0.29) is 48.6 Å². The molecule has 3 fully saturated rings. The molecule has 10 nitrogen and oxygen atoms in total. The predicted octanol–water partition coefficient (Wildman–Crippen LogP) is -0.923. The van der Waals surface area contributed by atoms with E-state index in [0.29, 0.717) is 52.5 Å². The van der Waals surface area contributed by atoms with E-state index in [1.54, 1.807) is 9.80 Å². The van der Waals surface area contributed by atoms with E-state index in [0.717, 1.165) is 0 Å². The summed E-state index contributed by atoms with van der Waals surface area (Å²) >= 11 is 1.31. The summed E-state index contributed by atoms with van der Waals surface area (Å²) in [4.78, 5) is 28.1. The summed E-state index contributed by atoms with van der Waals surface area (Å²) in [6.07, 6.45) is -0.271. The molecule has 0 aromatic heterocycles. The summed E-state index contributed by atoms with van der Waals surface area (Å²) in [5.41, 5.74) is 0. The maximum Gasteiger partial charge on any atom is 0.282 e. The Bertz CT molecular complexity index is 697. The molecule has 172 valence electrons. The Morgan fingerprint density at radius 3 is 1.87 bits per heavy atom. The van der Waals surface area contributed by atoms with Crippen LogP contribution in [0.4, 0.5) is 0 Å². The topological polar surface area (TPSA) is 99.7 Å². The van der Waals surface area contributed by atoms with Crippen LogP contribution < -0.4 is 0 Å². The van der Waals surface area contributed by atoms with Crippen LogP contribution in [-0.2, 0) is 29.3 Å². The van der Waals surface area contributed by atoms with Crippen LogP contribution in [0.5, 0.6) is 0 Å². The van der Waals surface area contributed by atoms with Crippen LogP contribution in [0.1, 0.15) is 13.8 Å². The van der Waals surface area contributed by atoms with Gasteiger partial charge in [0.05, 0.1) is 36.9 Å². The molecule has 3 aliphatic heterocycles. The Morgan fingerprint density at radius 1 is 0.833 bits per heavy atom. The highest BCUT2D eigenvalue weighted by Crippen LogP contribution is 2.19. The van der Waals surface area contributed by atoms with Crippen molar-refractivity contribution in [2.75, 3.05) is 77.1 Å². The monoisotopic (exact) mass is 464 g/mol. The van der Waals surface area contributed by atoms with Gasteiger partial charge in [-0.3, -0.25) is 9.59 Å². The predicted molar refractivity (Wildman–Crippen MR) is 113 cm³/mol. The summed E-state index contributed by atoms with van der Waals surface area (Å²) in [5, 5.41) is 0. The minimum absolute atomic E-state index is 0.0287. The number of piperazine rings is 1. The zero-order chi connectivity index (χ0) is 21.7. The van der Waals surface area contributed by atoms with Crippen molar-refractivity contribution >= 4 is 33.8 Å². The lowest BCUT2D eigenvalue weighted by molar-refractivity contribution is -0.132. The van der Waals surface area contributed by atoms with Crippen LogP contribution in [-0.4, -0.2) is 128 Å². The molecule has 30 heavy (non-hydrogen) atoms. The first-order valence-corrected chi connectivity index (χ1v) is 12.9. The number of carbonyl (C=O) groups is 2. The molecule has 2 amide bonds. The first-order valence-electron chi connectivity index (χ1n) is 10.4. The van der Waals surface area contributed by atoms with Gasteiger partial charge in [0.25, 0.3) is 10.2 Å². The normalized spacial score (nSPS) is 27.3. The van der Waals surface area contributed by atoms with Crippen LogP contribution in [0.15, 0.2) is 0 Å². The van der Waals surface area contributed by atoms with E-state index in [1.807, 2.05) is 13.8 Å². The van der Waals surface area contributed by atoms with Crippen LogP contribution in [0.25, 0.3) is 0 Å². The molecular weight excluding hydrogens is 432 g/mol. The molecule has 3 rings (SSSR count). The number of amides is 2. The Balaban J connectivity index is 1.41. The van der Waals surface area contributed by atoms with E-state index >= 15 is 0 Å². The molecule has 0 N–H and O–H groups in total. The quantitative estimate of drug-likeness (QED) is 0.501. The third-order valence-electron chi connectivity index (χ3n) is 5.44. The second-order valence-electron chi connectivity index (χ2n) is 7.85. The number of rotatable bonds is 6. The highest BCUT2D eigenvalue weighted by atomic mass is 32.2. The fourth-order valence-electron chi connectivity index (χ4n) is 3.87. The second-order valence-corrected chi connectivity index (χ2v) is 10.8. The molecule has 0 aromatic rings. The molecular formula is C18H32N4O6S2. The van der Waals surface area contributed by atoms with Crippen molar-refractivity contribution in [2.24, 2.45) is 0 Å². The second kappa shape index (κ2) is 10.6. The fraction of sp³-hybridized carbons (Fsp3) is 0.889. The zero-order valence-corrected chi connectivity index (χ0v) is 19.3. The maximum absolute atomic E-state index is 12.9. The van der Waals surface area contributed by atoms with Gasteiger partial charge in [-0.1, -0.05) is 0 Å². The van der Waals surface area contributed by atoms with Gasteiger partial charge in [0.1, 0.15) is 0 Å².